The van der Waals surface area contributed by atoms with E-state index in [4.69, 9.17) is 30.0 Å². The van der Waals surface area contributed by atoms with Gasteiger partial charge in [0.2, 0.25) is 5.95 Å². The van der Waals surface area contributed by atoms with E-state index >= 15 is 4.39 Å². The van der Waals surface area contributed by atoms with Gasteiger partial charge >= 0.3 is 5.97 Å². The summed E-state index contributed by atoms with van der Waals surface area (Å²) in [6.45, 7) is 9.00. The fourth-order valence-corrected chi connectivity index (χ4v) is 4.89. The molecule has 2 aromatic rings. The molecule has 0 radical (unpaired) electrons. The SMILES string of the molecule is COC(CO[P@@](NCC(=O)OC(C)C)OCCSC(=O)C(C)(C)C)CC(F)n1cnc2c(N)nc(N)nc21. The molecule has 0 aliphatic heterocycles. The lowest BCUT2D eigenvalue weighted by Gasteiger charge is -2.23. The first-order valence-corrected chi connectivity index (χ1v) is 14.1. The third kappa shape index (κ3) is 10.2. The minimum Gasteiger partial charge on any atom is -0.462 e. The Kier molecular flexibility index (Phi) is 12.5. The van der Waals surface area contributed by atoms with E-state index in [0.717, 1.165) is 11.8 Å². The number of hydrogen-bond donors (Lipinski definition) is 3. The Morgan fingerprint density at radius 3 is 2.58 bits per heavy atom. The summed E-state index contributed by atoms with van der Waals surface area (Å²) in [5, 5.41) is 2.92. The molecule has 0 aliphatic carbocycles. The number of rotatable bonds is 15. The molecule has 0 aromatic carbocycles. The van der Waals surface area contributed by atoms with Gasteiger partial charge in [-0.2, -0.15) is 9.97 Å². The number of alkyl halides is 1. The Bertz CT molecular complexity index is 1070. The van der Waals surface area contributed by atoms with Crippen LogP contribution in [0.25, 0.3) is 11.2 Å². The van der Waals surface area contributed by atoms with Crippen LogP contribution in [0.3, 0.4) is 0 Å². The predicted molar refractivity (Wildman–Crippen MR) is 145 cm³/mol. The average Bonchev–Trinajstić information content (AvgIpc) is 3.24. The number of esters is 1. The molecule has 0 fully saturated rings. The number of imidazole rings is 1. The molecule has 0 amide bonds. The highest BCUT2D eigenvalue weighted by Crippen LogP contribution is 2.35. The zero-order chi connectivity index (χ0) is 28.5. The Morgan fingerprint density at radius 1 is 1.24 bits per heavy atom. The van der Waals surface area contributed by atoms with Gasteiger partial charge in [0, 0.05) is 24.7 Å². The van der Waals surface area contributed by atoms with Crippen LogP contribution in [0, 0.1) is 5.41 Å². The van der Waals surface area contributed by atoms with E-state index in [-0.39, 0.29) is 60.3 Å². The first kappa shape index (κ1) is 32.1. The second kappa shape index (κ2) is 14.8. The fraction of sp³-hybridized carbons (Fsp3) is 0.682. The number of carbonyl (C=O) groups is 2. The molecule has 16 heteroatoms. The van der Waals surface area contributed by atoms with E-state index in [9.17, 15) is 9.59 Å². The molecule has 0 spiro atoms. The van der Waals surface area contributed by atoms with Gasteiger partial charge in [-0.3, -0.25) is 14.2 Å². The number of aromatic nitrogens is 4. The van der Waals surface area contributed by atoms with Gasteiger partial charge in [0.05, 0.1) is 31.7 Å². The Hall–Kier alpha value is -2.16. The lowest BCUT2D eigenvalue weighted by Crippen LogP contribution is -2.27. The van der Waals surface area contributed by atoms with Crippen molar-refractivity contribution in [1.82, 2.24) is 24.6 Å². The largest absolute Gasteiger partial charge is 0.462 e. The molecular weight excluding hydrogens is 540 g/mol. The minimum absolute atomic E-state index is 0.0362. The topological polar surface area (TPSA) is 179 Å². The van der Waals surface area contributed by atoms with Gasteiger partial charge in [-0.15, -0.1) is 0 Å². The van der Waals surface area contributed by atoms with Crippen LogP contribution in [0.5, 0.6) is 0 Å². The first-order valence-electron chi connectivity index (χ1n) is 11.9. The van der Waals surface area contributed by atoms with E-state index in [1.807, 2.05) is 20.8 Å². The second-order valence-electron chi connectivity index (χ2n) is 9.46. The predicted octanol–water partition coefficient (Wildman–Crippen LogP) is 2.97. The van der Waals surface area contributed by atoms with Crippen molar-refractivity contribution in [2.45, 2.75) is 59.5 Å². The smallest absolute Gasteiger partial charge is 0.320 e. The van der Waals surface area contributed by atoms with Crippen LogP contribution in [0.15, 0.2) is 6.33 Å². The molecule has 0 saturated carbocycles. The molecule has 5 N–H and O–H groups in total. The number of thioether (sulfide) groups is 1. The van der Waals surface area contributed by atoms with E-state index in [1.165, 1.54) is 18.0 Å². The Labute approximate surface area is 226 Å². The Morgan fingerprint density at radius 2 is 1.95 bits per heavy atom. The molecular formula is C22H37FN7O6PS. The summed E-state index contributed by atoms with van der Waals surface area (Å²) in [5.74, 6) is -0.116. The van der Waals surface area contributed by atoms with E-state index < -0.39 is 32.3 Å². The number of anilines is 2. The number of ether oxygens (including phenoxy) is 2. The molecule has 0 aliphatic rings. The van der Waals surface area contributed by atoms with Gasteiger partial charge in [-0.05, 0) is 13.8 Å². The van der Waals surface area contributed by atoms with Crippen molar-refractivity contribution in [1.29, 1.82) is 0 Å². The van der Waals surface area contributed by atoms with Gasteiger partial charge in [-0.1, -0.05) is 32.5 Å². The van der Waals surface area contributed by atoms with E-state index in [2.05, 4.69) is 20.0 Å². The molecule has 2 rings (SSSR count). The normalized spacial score (nSPS) is 14.5. The van der Waals surface area contributed by atoms with Gasteiger partial charge in [0.1, 0.15) is 12.1 Å². The zero-order valence-electron chi connectivity index (χ0n) is 22.5. The highest BCUT2D eigenvalue weighted by atomic mass is 32.2. The van der Waals surface area contributed by atoms with Crippen LogP contribution in [-0.2, 0) is 28.1 Å². The van der Waals surface area contributed by atoms with Crippen molar-refractivity contribution in [2.24, 2.45) is 5.41 Å². The lowest BCUT2D eigenvalue weighted by atomic mass is 10.00. The summed E-state index contributed by atoms with van der Waals surface area (Å²) in [4.78, 5) is 36.0. The summed E-state index contributed by atoms with van der Waals surface area (Å²) in [7, 11) is -0.346. The van der Waals surface area contributed by atoms with Crippen LogP contribution >= 0.6 is 20.3 Å². The van der Waals surface area contributed by atoms with Crippen molar-refractivity contribution in [3.05, 3.63) is 6.33 Å². The second-order valence-corrected chi connectivity index (χ2v) is 11.9. The van der Waals surface area contributed by atoms with Gasteiger partial charge < -0.3 is 30.0 Å². The molecule has 2 heterocycles. The third-order valence-electron chi connectivity index (χ3n) is 4.79. The van der Waals surface area contributed by atoms with E-state index in [1.54, 1.807) is 13.8 Å². The highest BCUT2D eigenvalue weighted by Gasteiger charge is 2.24. The molecule has 2 aromatic heterocycles. The van der Waals surface area contributed by atoms with Crippen molar-refractivity contribution in [3.63, 3.8) is 0 Å². The lowest BCUT2D eigenvalue weighted by molar-refractivity contribution is -0.145. The summed E-state index contributed by atoms with van der Waals surface area (Å²) >= 11 is 1.16. The summed E-state index contributed by atoms with van der Waals surface area (Å²) < 4.78 is 38.5. The Balaban J connectivity index is 1.97. The standard InChI is InChI=1S/C22H37FN7O6PS/c1-13(2)36-16(31)10-27-37(34-7-8-38-20(32)22(3,4)5)35-11-14(33-6)9-15(23)30-12-26-17-18(24)28-21(25)29-19(17)30/h12-15,27H,7-11H2,1-6H3,(H4,24,25,28,29)/t14?,15?,37-/m0/s1. The number of hydrogen-bond acceptors (Lipinski definition) is 13. The van der Waals surface area contributed by atoms with Crippen LogP contribution in [0.1, 0.15) is 47.3 Å². The third-order valence-corrected chi connectivity index (χ3v) is 7.26. The molecule has 2 unspecified atom stereocenters. The average molecular weight is 578 g/mol. The molecule has 38 heavy (non-hydrogen) atoms. The van der Waals surface area contributed by atoms with Crippen molar-refractivity contribution < 1.29 is 32.5 Å². The molecule has 13 nitrogen and oxygen atoms in total. The van der Waals surface area contributed by atoms with Gasteiger partial charge in [-0.25, -0.2) is 14.5 Å². The monoisotopic (exact) mass is 577 g/mol. The number of nitrogens with zero attached hydrogens (tertiary/aromatic N) is 4. The summed E-state index contributed by atoms with van der Waals surface area (Å²) in [6.07, 6.45) is -1.38. The van der Waals surface area contributed by atoms with Gasteiger partial charge in [0.25, 0.3) is 8.53 Å². The minimum atomic E-state index is -1.77. The van der Waals surface area contributed by atoms with Crippen LogP contribution in [0.2, 0.25) is 0 Å². The van der Waals surface area contributed by atoms with Crippen LogP contribution < -0.4 is 16.6 Å². The number of halogens is 1. The van der Waals surface area contributed by atoms with Gasteiger partial charge in [0.15, 0.2) is 22.9 Å². The summed E-state index contributed by atoms with van der Waals surface area (Å²) in [5.41, 5.74) is 11.4. The quantitative estimate of drug-likeness (QED) is 0.160. The van der Waals surface area contributed by atoms with Crippen LogP contribution in [0.4, 0.5) is 16.2 Å². The summed E-state index contributed by atoms with van der Waals surface area (Å²) in [6, 6.07) is 0. The maximum absolute atomic E-state index is 15.2. The molecule has 0 saturated heterocycles. The fourth-order valence-electron chi connectivity index (χ4n) is 2.91. The molecule has 0 bridgehead atoms. The number of nitrogens with one attached hydrogen (secondary N) is 1. The number of carbonyl (C=O) groups excluding carboxylic acids is 2. The highest BCUT2D eigenvalue weighted by molar-refractivity contribution is 8.13. The van der Waals surface area contributed by atoms with Crippen molar-refractivity contribution in [2.75, 3.05) is 44.1 Å². The zero-order valence-corrected chi connectivity index (χ0v) is 24.2. The number of nitrogen functional groups attached to an aromatic ring is 2. The number of nitrogens with two attached hydrogens (primary N) is 2. The maximum atomic E-state index is 15.2. The molecule has 3 atom stereocenters. The van der Waals surface area contributed by atoms with Crippen molar-refractivity contribution >= 4 is 54.3 Å². The number of fused-ring (bicyclic) bond motifs is 1. The maximum Gasteiger partial charge on any atom is 0.320 e. The molecule has 214 valence electrons. The first-order chi connectivity index (χ1) is 17.8. The van der Waals surface area contributed by atoms with Crippen molar-refractivity contribution in [3.8, 4) is 0 Å². The number of methoxy groups -OCH3 is 1. The van der Waals surface area contributed by atoms with E-state index in [0.29, 0.717) is 5.75 Å². The van der Waals surface area contributed by atoms with Crippen LogP contribution in [-0.4, -0.2) is 75.4 Å².